The molecule has 0 aromatic heterocycles. The first-order valence-electron chi connectivity index (χ1n) is 5.97. The smallest absolute Gasteiger partial charge is 0.203 e. The van der Waals surface area contributed by atoms with Gasteiger partial charge in [-0.1, -0.05) is 36.4 Å². The molecule has 2 aromatic carbocycles. The van der Waals surface area contributed by atoms with Crippen LogP contribution in [0.2, 0.25) is 0 Å². The molecule has 0 atom stereocenters. The van der Waals surface area contributed by atoms with Crippen LogP contribution in [0, 0.1) is 0 Å². The van der Waals surface area contributed by atoms with E-state index < -0.39 is 0 Å². The Bertz CT molecular complexity index is 615. The molecule has 1 heterocycles. The molecule has 0 unspecified atom stereocenters. The van der Waals surface area contributed by atoms with Gasteiger partial charge in [0.05, 0.1) is 5.69 Å². The highest BCUT2D eigenvalue weighted by Gasteiger charge is 2.15. The number of aliphatic imine (C=N–C) groups is 1. The third kappa shape index (κ3) is 1.74. The Balaban J connectivity index is 2.27. The van der Waals surface area contributed by atoms with Crippen LogP contribution < -0.4 is 5.32 Å². The predicted molar refractivity (Wildman–Crippen MR) is 76.3 cm³/mol. The van der Waals surface area contributed by atoms with Crippen molar-refractivity contribution in [3.8, 4) is 11.1 Å². The first kappa shape index (κ1) is 10.8. The molecular weight excluding hydrogens is 222 g/mol. The van der Waals surface area contributed by atoms with Crippen molar-refractivity contribution >= 4 is 17.3 Å². The average Bonchev–Trinajstić information content (AvgIpc) is 2.55. The van der Waals surface area contributed by atoms with Crippen LogP contribution in [0.5, 0.6) is 0 Å². The van der Waals surface area contributed by atoms with Crippen LogP contribution in [0.25, 0.3) is 11.1 Å². The van der Waals surface area contributed by atoms with Gasteiger partial charge in [-0.15, -0.1) is 0 Å². The highest BCUT2D eigenvalue weighted by molar-refractivity contribution is 6.03. The summed E-state index contributed by atoms with van der Waals surface area (Å²) in [6.07, 6.45) is 0. The Hall–Kier alpha value is -2.29. The summed E-state index contributed by atoms with van der Waals surface area (Å²) in [5, 5.41) is 3.38. The zero-order valence-electron chi connectivity index (χ0n) is 10.5. The number of hydrogen-bond donors (Lipinski definition) is 1. The van der Waals surface area contributed by atoms with Gasteiger partial charge in [0, 0.05) is 30.9 Å². The second kappa shape index (κ2) is 4.18. The van der Waals surface area contributed by atoms with Crippen LogP contribution in [-0.2, 0) is 0 Å². The first-order chi connectivity index (χ1) is 8.75. The summed E-state index contributed by atoms with van der Waals surface area (Å²) in [4.78, 5) is 6.67. The Labute approximate surface area is 107 Å². The van der Waals surface area contributed by atoms with E-state index in [2.05, 4.69) is 34.6 Å². The highest BCUT2D eigenvalue weighted by atomic mass is 15.3. The number of nitrogens with one attached hydrogen (secondary N) is 1. The minimum atomic E-state index is 0.854. The van der Waals surface area contributed by atoms with Crippen LogP contribution in [0.1, 0.15) is 0 Å². The molecule has 1 aliphatic rings. The fourth-order valence-corrected chi connectivity index (χ4v) is 2.10. The van der Waals surface area contributed by atoms with Crippen molar-refractivity contribution in [3.05, 3.63) is 48.5 Å². The zero-order chi connectivity index (χ0) is 12.5. The van der Waals surface area contributed by atoms with Crippen LogP contribution >= 0.6 is 0 Å². The fraction of sp³-hybridized carbons (Fsp3) is 0.133. The molecule has 2 aromatic rings. The molecule has 3 nitrogen and oxygen atoms in total. The maximum Gasteiger partial charge on any atom is 0.203 e. The summed E-state index contributed by atoms with van der Waals surface area (Å²) < 4.78 is 0. The Morgan fingerprint density at radius 1 is 0.889 bits per heavy atom. The number of nitrogens with zero attached hydrogens (tertiary/aromatic N) is 2. The maximum absolute atomic E-state index is 4.68. The quantitative estimate of drug-likeness (QED) is 0.761. The van der Waals surface area contributed by atoms with Gasteiger partial charge in [-0.05, 0) is 12.1 Å². The van der Waals surface area contributed by atoms with E-state index >= 15 is 0 Å². The summed E-state index contributed by atoms with van der Waals surface area (Å²) in [5.41, 5.74) is 4.44. The van der Waals surface area contributed by atoms with Crippen molar-refractivity contribution in [1.82, 2.24) is 4.90 Å². The molecule has 3 heteroatoms. The molecule has 1 aliphatic heterocycles. The summed E-state index contributed by atoms with van der Waals surface area (Å²) in [7, 11) is 3.98. The van der Waals surface area contributed by atoms with Crippen molar-refractivity contribution in [2.24, 2.45) is 4.99 Å². The van der Waals surface area contributed by atoms with Gasteiger partial charge in [-0.25, -0.2) is 4.99 Å². The van der Waals surface area contributed by atoms with Gasteiger partial charge in [-0.2, -0.15) is 0 Å². The number of guanidine groups is 1. The monoisotopic (exact) mass is 237 g/mol. The topological polar surface area (TPSA) is 27.6 Å². The molecular formula is C15H15N3. The van der Waals surface area contributed by atoms with E-state index in [1.807, 2.05) is 43.3 Å². The SMILES string of the molecule is CN(C)C1=Nc2ccccc2-c2ccccc2N1. The largest absolute Gasteiger partial charge is 0.349 e. The number of fused-ring (bicyclic) bond motifs is 3. The van der Waals surface area contributed by atoms with Crippen molar-refractivity contribution in [2.45, 2.75) is 0 Å². The van der Waals surface area contributed by atoms with Crippen LogP contribution in [0.3, 0.4) is 0 Å². The van der Waals surface area contributed by atoms with Gasteiger partial charge in [0.25, 0.3) is 0 Å². The molecule has 1 N–H and O–H groups in total. The lowest BCUT2D eigenvalue weighted by Gasteiger charge is -2.16. The lowest BCUT2D eigenvalue weighted by Crippen LogP contribution is -2.28. The molecule has 0 aliphatic carbocycles. The number of para-hydroxylation sites is 2. The number of rotatable bonds is 0. The Morgan fingerprint density at radius 3 is 2.33 bits per heavy atom. The summed E-state index contributed by atoms with van der Waals surface area (Å²) in [6.45, 7) is 0. The fourth-order valence-electron chi connectivity index (χ4n) is 2.10. The van der Waals surface area contributed by atoms with Crippen molar-refractivity contribution in [1.29, 1.82) is 0 Å². The molecule has 0 fully saturated rings. The summed E-state index contributed by atoms with van der Waals surface area (Å²) in [6, 6.07) is 16.5. The van der Waals surface area contributed by atoms with E-state index in [0.29, 0.717) is 0 Å². The molecule has 0 saturated carbocycles. The van der Waals surface area contributed by atoms with Gasteiger partial charge in [0.1, 0.15) is 0 Å². The minimum absolute atomic E-state index is 0.854. The first-order valence-corrected chi connectivity index (χ1v) is 5.97. The predicted octanol–water partition coefficient (Wildman–Crippen LogP) is 3.33. The number of benzene rings is 2. The van der Waals surface area contributed by atoms with Crippen molar-refractivity contribution < 1.29 is 0 Å². The molecule has 0 radical (unpaired) electrons. The average molecular weight is 237 g/mol. The van der Waals surface area contributed by atoms with Crippen LogP contribution in [0.15, 0.2) is 53.5 Å². The van der Waals surface area contributed by atoms with E-state index in [1.54, 1.807) is 0 Å². The molecule has 0 saturated heterocycles. The lowest BCUT2D eigenvalue weighted by atomic mass is 10.0. The van der Waals surface area contributed by atoms with Gasteiger partial charge in [-0.3, -0.25) is 0 Å². The summed E-state index contributed by atoms with van der Waals surface area (Å²) >= 11 is 0. The van der Waals surface area contributed by atoms with Gasteiger partial charge in [0.15, 0.2) is 0 Å². The zero-order valence-corrected chi connectivity index (χ0v) is 10.5. The molecule has 3 rings (SSSR count). The van der Waals surface area contributed by atoms with E-state index in [0.717, 1.165) is 22.9 Å². The second-order valence-corrected chi connectivity index (χ2v) is 4.52. The molecule has 0 amide bonds. The highest BCUT2D eigenvalue weighted by Crippen LogP contribution is 2.37. The van der Waals surface area contributed by atoms with E-state index in [4.69, 9.17) is 0 Å². The molecule has 0 spiro atoms. The van der Waals surface area contributed by atoms with Gasteiger partial charge < -0.3 is 10.2 Å². The van der Waals surface area contributed by atoms with Crippen LogP contribution in [0.4, 0.5) is 11.4 Å². The Kier molecular flexibility index (Phi) is 2.52. The molecule has 0 bridgehead atoms. The third-order valence-electron chi connectivity index (χ3n) is 3.02. The van der Waals surface area contributed by atoms with E-state index in [9.17, 15) is 0 Å². The standard InChI is InChI=1S/C15H15N3/c1-18(2)15-16-13-9-5-3-7-11(13)12-8-4-6-10-14(12)17-15/h3-10H,1-2H3,(H,16,17). The minimum Gasteiger partial charge on any atom is -0.349 e. The summed E-state index contributed by atoms with van der Waals surface area (Å²) in [5.74, 6) is 0.854. The molecule has 18 heavy (non-hydrogen) atoms. The van der Waals surface area contributed by atoms with Crippen molar-refractivity contribution in [2.75, 3.05) is 19.4 Å². The van der Waals surface area contributed by atoms with E-state index in [-0.39, 0.29) is 0 Å². The van der Waals surface area contributed by atoms with Gasteiger partial charge >= 0.3 is 0 Å². The van der Waals surface area contributed by atoms with Crippen LogP contribution in [-0.4, -0.2) is 25.0 Å². The number of hydrogen-bond acceptors (Lipinski definition) is 3. The molecule has 90 valence electrons. The van der Waals surface area contributed by atoms with Crippen molar-refractivity contribution in [3.63, 3.8) is 0 Å². The van der Waals surface area contributed by atoms with Gasteiger partial charge in [0.2, 0.25) is 5.96 Å². The second-order valence-electron chi connectivity index (χ2n) is 4.52. The number of anilines is 1. The lowest BCUT2D eigenvalue weighted by molar-refractivity contribution is 0.621. The third-order valence-corrected chi connectivity index (χ3v) is 3.02. The maximum atomic E-state index is 4.68. The van der Waals surface area contributed by atoms with E-state index in [1.165, 1.54) is 5.56 Å². The Morgan fingerprint density at radius 2 is 1.56 bits per heavy atom. The normalized spacial score (nSPS) is 12.7.